The second-order valence-corrected chi connectivity index (χ2v) is 5.53. The summed E-state index contributed by atoms with van der Waals surface area (Å²) in [6.07, 6.45) is 0. The van der Waals surface area contributed by atoms with E-state index in [1.807, 2.05) is 56.3 Å². The molecule has 0 fully saturated rings. The van der Waals surface area contributed by atoms with E-state index in [0.717, 1.165) is 22.4 Å². The van der Waals surface area contributed by atoms with Crippen molar-refractivity contribution in [2.24, 2.45) is 5.73 Å². The quantitative estimate of drug-likeness (QED) is 0.875. The molecule has 0 spiro atoms. The average molecular weight is 283 g/mol. The summed E-state index contributed by atoms with van der Waals surface area (Å²) < 4.78 is 5.29. The fraction of sp³-hybridized carbons (Fsp3) is 0.278. The van der Waals surface area contributed by atoms with Gasteiger partial charge in [0.1, 0.15) is 11.3 Å². The molecule has 0 heterocycles. The Morgan fingerprint density at radius 2 is 1.71 bits per heavy atom. The lowest BCUT2D eigenvalue weighted by molar-refractivity contribution is 0.0899. The van der Waals surface area contributed by atoms with Gasteiger partial charge in [-0.1, -0.05) is 30.3 Å². The fourth-order valence-corrected chi connectivity index (χ4v) is 2.45. The van der Waals surface area contributed by atoms with Crippen LogP contribution in [0.2, 0.25) is 0 Å². The van der Waals surface area contributed by atoms with Crippen LogP contribution in [0, 0.1) is 13.8 Å². The molecule has 0 saturated carbocycles. The summed E-state index contributed by atoms with van der Waals surface area (Å²) in [5, 5.41) is 0. The molecular weight excluding hydrogens is 262 g/mol. The highest BCUT2D eigenvalue weighted by Crippen LogP contribution is 2.28. The highest BCUT2D eigenvalue weighted by atomic mass is 16.5. The van der Waals surface area contributed by atoms with Gasteiger partial charge in [0.2, 0.25) is 0 Å². The lowest BCUT2D eigenvalue weighted by Gasteiger charge is -2.25. The Bertz CT molecular complexity index is 660. The van der Waals surface area contributed by atoms with Gasteiger partial charge < -0.3 is 10.5 Å². The molecule has 3 nitrogen and oxygen atoms in total. The van der Waals surface area contributed by atoms with E-state index >= 15 is 0 Å². The monoisotopic (exact) mass is 283 g/mol. The van der Waals surface area contributed by atoms with Crippen LogP contribution in [0.5, 0.6) is 5.75 Å². The average Bonchev–Trinajstić information content (AvgIpc) is 2.49. The van der Waals surface area contributed by atoms with Crippen LogP contribution < -0.4 is 10.5 Å². The SMILES string of the molecule is COc1cc(C)c(C(=O)C(C)(N)c2ccccc2)cc1C. The van der Waals surface area contributed by atoms with Crippen molar-refractivity contribution in [3.8, 4) is 5.75 Å². The molecule has 1 unspecified atom stereocenters. The molecule has 2 N–H and O–H groups in total. The van der Waals surface area contributed by atoms with E-state index in [1.165, 1.54) is 0 Å². The van der Waals surface area contributed by atoms with E-state index in [0.29, 0.717) is 5.56 Å². The molecule has 0 aliphatic carbocycles. The molecule has 0 bridgehead atoms. The second kappa shape index (κ2) is 5.70. The molecule has 0 aromatic heterocycles. The van der Waals surface area contributed by atoms with Gasteiger partial charge in [-0.25, -0.2) is 0 Å². The first-order valence-corrected chi connectivity index (χ1v) is 6.92. The Labute approximate surface area is 125 Å². The standard InChI is InChI=1S/C18H21NO2/c1-12-11-16(21-4)13(2)10-15(12)17(20)18(3,19)14-8-6-5-7-9-14/h5-11H,19H2,1-4H3. The Morgan fingerprint density at radius 1 is 1.10 bits per heavy atom. The molecular formula is C18H21NO2. The lowest BCUT2D eigenvalue weighted by atomic mass is 9.83. The number of ketones is 1. The van der Waals surface area contributed by atoms with E-state index in [1.54, 1.807) is 14.0 Å². The van der Waals surface area contributed by atoms with Crippen LogP contribution >= 0.6 is 0 Å². The number of hydrogen-bond donors (Lipinski definition) is 1. The summed E-state index contributed by atoms with van der Waals surface area (Å²) in [5.41, 5.74) is 8.52. The summed E-state index contributed by atoms with van der Waals surface area (Å²) >= 11 is 0. The highest BCUT2D eigenvalue weighted by Gasteiger charge is 2.32. The lowest BCUT2D eigenvalue weighted by Crippen LogP contribution is -2.42. The molecule has 2 aromatic rings. The van der Waals surface area contributed by atoms with Gasteiger partial charge in [0, 0.05) is 5.56 Å². The van der Waals surface area contributed by atoms with Crippen LogP contribution in [-0.2, 0) is 5.54 Å². The molecule has 0 saturated heterocycles. The summed E-state index contributed by atoms with van der Waals surface area (Å²) in [4.78, 5) is 12.9. The predicted octanol–water partition coefficient (Wildman–Crippen LogP) is 3.37. The summed E-state index contributed by atoms with van der Waals surface area (Å²) in [7, 11) is 1.63. The summed E-state index contributed by atoms with van der Waals surface area (Å²) in [6, 6.07) is 13.2. The first-order chi connectivity index (χ1) is 9.87. The second-order valence-electron chi connectivity index (χ2n) is 5.53. The van der Waals surface area contributed by atoms with Crippen LogP contribution in [0.25, 0.3) is 0 Å². The van der Waals surface area contributed by atoms with Crippen LogP contribution in [0.15, 0.2) is 42.5 Å². The normalized spacial score (nSPS) is 13.6. The molecule has 3 heteroatoms. The van der Waals surface area contributed by atoms with Gasteiger partial charge in [0.05, 0.1) is 7.11 Å². The third-order valence-corrected chi connectivity index (χ3v) is 3.83. The zero-order chi connectivity index (χ0) is 15.6. The maximum atomic E-state index is 12.9. The molecule has 21 heavy (non-hydrogen) atoms. The number of carbonyl (C=O) groups is 1. The van der Waals surface area contributed by atoms with Crippen molar-refractivity contribution >= 4 is 5.78 Å². The number of nitrogens with two attached hydrogens (primary N) is 1. The minimum atomic E-state index is -1.05. The maximum absolute atomic E-state index is 12.9. The Morgan fingerprint density at radius 3 is 2.29 bits per heavy atom. The molecule has 110 valence electrons. The smallest absolute Gasteiger partial charge is 0.187 e. The molecule has 1 atom stereocenters. The van der Waals surface area contributed by atoms with Crippen LogP contribution in [0.3, 0.4) is 0 Å². The van der Waals surface area contributed by atoms with Gasteiger partial charge in [0.25, 0.3) is 0 Å². The maximum Gasteiger partial charge on any atom is 0.187 e. The van der Waals surface area contributed by atoms with E-state index in [4.69, 9.17) is 10.5 Å². The van der Waals surface area contributed by atoms with Crippen molar-refractivity contribution in [2.75, 3.05) is 7.11 Å². The van der Waals surface area contributed by atoms with Crippen molar-refractivity contribution < 1.29 is 9.53 Å². The van der Waals surface area contributed by atoms with Crippen LogP contribution in [0.4, 0.5) is 0 Å². The van der Waals surface area contributed by atoms with E-state index < -0.39 is 5.54 Å². The largest absolute Gasteiger partial charge is 0.496 e. The van der Waals surface area contributed by atoms with Crippen molar-refractivity contribution in [3.05, 3.63) is 64.7 Å². The Balaban J connectivity index is 2.47. The zero-order valence-electron chi connectivity index (χ0n) is 12.9. The minimum Gasteiger partial charge on any atom is -0.496 e. The Hall–Kier alpha value is -2.13. The van der Waals surface area contributed by atoms with E-state index in [2.05, 4.69) is 0 Å². The summed E-state index contributed by atoms with van der Waals surface area (Å²) in [6.45, 7) is 5.57. The Kier molecular flexibility index (Phi) is 4.14. The van der Waals surface area contributed by atoms with Gasteiger partial charge in [-0.15, -0.1) is 0 Å². The molecule has 0 radical (unpaired) electrons. The topological polar surface area (TPSA) is 52.3 Å². The van der Waals surface area contributed by atoms with Gasteiger partial charge in [-0.3, -0.25) is 4.79 Å². The minimum absolute atomic E-state index is 0.0862. The van der Waals surface area contributed by atoms with Gasteiger partial charge in [-0.2, -0.15) is 0 Å². The number of Topliss-reactive ketones (excluding diaryl/α,β-unsaturated/α-hetero) is 1. The van der Waals surface area contributed by atoms with Crippen molar-refractivity contribution in [1.82, 2.24) is 0 Å². The first kappa shape index (κ1) is 15.3. The van der Waals surface area contributed by atoms with E-state index in [9.17, 15) is 4.79 Å². The molecule has 0 amide bonds. The number of methoxy groups -OCH3 is 1. The predicted molar refractivity (Wildman–Crippen MR) is 84.8 cm³/mol. The van der Waals surface area contributed by atoms with Crippen LogP contribution in [0.1, 0.15) is 34.0 Å². The number of carbonyl (C=O) groups excluding carboxylic acids is 1. The van der Waals surface area contributed by atoms with Crippen molar-refractivity contribution in [3.63, 3.8) is 0 Å². The van der Waals surface area contributed by atoms with Crippen molar-refractivity contribution in [2.45, 2.75) is 26.3 Å². The molecule has 2 aromatic carbocycles. The number of ether oxygens (including phenoxy) is 1. The van der Waals surface area contributed by atoms with Gasteiger partial charge in [0.15, 0.2) is 5.78 Å². The third kappa shape index (κ3) is 2.83. The first-order valence-electron chi connectivity index (χ1n) is 6.92. The van der Waals surface area contributed by atoms with E-state index in [-0.39, 0.29) is 5.78 Å². The number of hydrogen-bond acceptors (Lipinski definition) is 3. The van der Waals surface area contributed by atoms with Gasteiger partial charge in [-0.05, 0) is 49.6 Å². The fourth-order valence-electron chi connectivity index (χ4n) is 2.45. The molecule has 2 rings (SSSR count). The summed E-state index contributed by atoms with van der Waals surface area (Å²) in [5.74, 6) is 0.694. The molecule has 0 aliphatic rings. The zero-order valence-corrected chi connectivity index (χ0v) is 12.9. The molecule has 0 aliphatic heterocycles. The van der Waals surface area contributed by atoms with Crippen molar-refractivity contribution in [1.29, 1.82) is 0 Å². The third-order valence-electron chi connectivity index (χ3n) is 3.83. The highest BCUT2D eigenvalue weighted by molar-refractivity contribution is 6.04. The van der Waals surface area contributed by atoms with Crippen LogP contribution in [-0.4, -0.2) is 12.9 Å². The van der Waals surface area contributed by atoms with Gasteiger partial charge >= 0.3 is 0 Å². The number of benzene rings is 2. The number of aryl methyl sites for hydroxylation is 2. The number of rotatable bonds is 4.